The van der Waals surface area contributed by atoms with Gasteiger partial charge in [-0.25, -0.2) is 0 Å². The highest BCUT2D eigenvalue weighted by Gasteiger charge is 2.46. The molecule has 1 amide bonds. The van der Waals surface area contributed by atoms with E-state index in [1.807, 2.05) is 19.9 Å². The number of para-hydroxylation sites is 1. The van der Waals surface area contributed by atoms with Crippen molar-refractivity contribution < 1.29 is 24.2 Å². The van der Waals surface area contributed by atoms with Gasteiger partial charge in [0.1, 0.15) is 11.5 Å². The van der Waals surface area contributed by atoms with Crippen LogP contribution in [0.4, 0.5) is 0 Å². The van der Waals surface area contributed by atoms with Crippen LogP contribution in [0, 0.1) is 0 Å². The van der Waals surface area contributed by atoms with Crippen molar-refractivity contribution >= 4 is 29.1 Å². The largest absolute Gasteiger partial charge is 0.507 e. The summed E-state index contributed by atoms with van der Waals surface area (Å²) in [6, 6.07) is 12.9. The van der Waals surface area contributed by atoms with Gasteiger partial charge in [-0.2, -0.15) is 0 Å². The van der Waals surface area contributed by atoms with Gasteiger partial charge in [0.15, 0.2) is 0 Å². The fraction of sp³-hybridized carbons (Fsp3) is 0.333. The van der Waals surface area contributed by atoms with Crippen LogP contribution in [-0.2, 0) is 14.3 Å². The smallest absolute Gasteiger partial charge is 0.295 e. The summed E-state index contributed by atoms with van der Waals surface area (Å²) in [7, 11) is 1.53. The molecule has 0 spiro atoms. The fourth-order valence-electron chi connectivity index (χ4n) is 3.67. The van der Waals surface area contributed by atoms with Gasteiger partial charge in [0.05, 0.1) is 24.8 Å². The van der Waals surface area contributed by atoms with Crippen LogP contribution in [-0.4, -0.2) is 48.1 Å². The standard InChI is InChI=1S/C24H26ClNO5/c1-15(2)31-13-7-12-26-21(18-10-4-5-11-19(18)30-3)20(23(28)24(26)29)22(27)16-8-6-9-17(25)14-16/h4-6,8-11,14-15,21,27H,7,12-13H2,1-3H3/b22-20-. The zero-order chi connectivity index (χ0) is 22.5. The number of amides is 1. The molecule has 0 saturated carbocycles. The van der Waals surface area contributed by atoms with Gasteiger partial charge in [0.2, 0.25) is 0 Å². The Morgan fingerprint density at radius 2 is 1.90 bits per heavy atom. The van der Waals surface area contributed by atoms with Crippen LogP contribution in [0.2, 0.25) is 5.02 Å². The Balaban J connectivity index is 2.09. The number of methoxy groups -OCH3 is 1. The van der Waals surface area contributed by atoms with E-state index in [0.717, 1.165) is 0 Å². The maximum atomic E-state index is 13.0. The molecule has 1 aliphatic heterocycles. The number of aliphatic hydroxyl groups is 1. The number of aliphatic hydroxyl groups excluding tert-OH is 1. The van der Waals surface area contributed by atoms with Crippen molar-refractivity contribution in [1.82, 2.24) is 4.90 Å². The van der Waals surface area contributed by atoms with Crippen molar-refractivity contribution in [2.45, 2.75) is 32.4 Å². The number of ketones is 1. The first kappa shape index (κ1) is 22.8. The summed E-state index contributed by atoms with van der Waals surface area (Å²) in [6.45, 7) is 4.62. The first-order chi connectivity index (χ1) is 14.8. The molecule has 1 fully saturated rings. The van der Waals surface area contributed by atoms with Gasteiger partial charge in [-0.1, -0.05) is 41.9 Å². The lowest BCUT2D eigenvalue weighted by atomic mass is 9.94. The third-order valence-electron chi connectivity index (χ3n) is 5.07. The van der Waals surface area contributed by atoms with Crippen molar-refractivity contribution in [3.63, 3.8) is 0 Å². The molecule has 1 unspecified atom stereocenters. The molecule has 6 nitrogen and oxygen atoms in total. The zero-order valence-electron chi connectivity index (χ0n) is 17.8. The maximum absolute atomic E-state index is 13.0. The molecule has 7 heteroatoms. The van der Waals surface area contributed by atoms with E-state index in [4.69, 9.17) is 21.1 Å². The van der Waals surface area contributed by atoms with Gasteiger partial charge < -0.3 is 19.5 Å². The summed E-state index contributed by atoms with van der Waals surface area (Å²) in [4.78, 5) is 27.5. The van der Waals surface area contributed by atoms with Gasteiger partial charge in [-0.15, -0.1) is 0 Å². The van der Waals surface area contributed by atoms with Gasteiger partial charge >= 0.3 is 0 Å². The van der Waals surface area contributed by atoms with E-state index >= 15 is 0 Å². The Kier molecular flexibility index (Phi) is 7.36. The van der Waals surface area contributed by atoms with E-state index in [2.05, 4.69) is 0 Å². The van der Waals surface area contributed by atoms with E-state index < -0.39 is 17.7 Å². The summed E-state index contributed by atoms with van der Waals surface area (Å²) < 4.78 is 11.1. The molecule has 31 heavy (non-hydrogen) atoms. The quantitative estimate of drug-likeness (QED) is 0.279. The molecule has 2 aromatic carbocycles. The molecule has 0 aromatic heterocycles. The lowest BCUT2D eigenvalue weighted by molar-refractivity contribution is -0.140. The number of benzene rings is 2. The predicted molar refractivity (Wildman–Crippen MR) is 119 cm³/mol. The van der Waals surface area contributed by atoms with Crippen molar-refractivity contribution in [2.75, 3.05) is 20.3 Å². The van der Waals surface area contributed by atoms with Gasteiger partial charge in [-0.05, 0) is 38.5 Å². The highest BCUT2D eigenvalue weighted by Crippen LogP contribution is 2.42. The minimum atomic E-state index is -0.783. The third-order valence-corrected chi connectivity index (χ3v) is 5.30. The molecule has 164 valence electrons. The third kappa shape index (κ3) is 4.92. The van der Waals surface area contributed by atoms with Gasteiger partial charge in [-0.3, -0.25) is 9.59 Å². The number of likely N-dealkylation sites (tertiary alicyclic amines) is 1. The molecule has 1 N–H and O–H groups in total. The Hall–Kier alpha value is -2.83. The van der Waals surface area contributed by atoms with Crippen LogP contribution in [0.1, 0.15) is 37.4 Å². The summed E-state index contributed by atoms with van der Waals surface area (Å²) in [5, 5.41) is 11.5. The molecular weight excluding hydrogens is 418 g/mol. The van der Waals surface area contributed by atoms with Crippen LogP contribution in [0.3, 0.4) is 0 Å². The Labute approximate surface area is 187 Å². The molecule has 0 radical (unpaired) electrons. The molecule has 1 aliphatic rings. The second-order valence-electron chi connectivity index (χ2n) is 7.52. The van der Waals surface area contributed by atoms with Crippen LogP contribution < -0.4 is 4.74 Å². The number of nitrogens with zero attached hydrogens (tertiary/aromatic N) is 1. The Bertz CT molecular complexity index is 1000. The molecule has 0 bridgehead atoms. The average Bonchev–Trinajstić information content (AvgIpc) is 3.00. The molecule has 1 atom stereocenters. The lowest BCUT2D eigenvalue weighted by Crippen LogP contribution is -2.31. The summed E-state index contributed by atoms with van der Waals surface area (Å²) in [5.74, 6) is -1.14. The molecule has 2 aromatic rings. The van der Waals surface area contributed by atoms with E-state index in [0.29, 0.717) is 41.5 Å². The molecule has 1 saturated heterocycles. The maximum Gasteiger partial charge on any atom is 0.295 e. The van der Waals surface area contributed by atoms with Crippen molar-refractivity contribution in [3.8, 4) is 5.75 Å². The number of Topliss-reactive ketones (excluding diaryl/α,β-unsaturated/α-hetero) is 1. The fourth-order valence-corrected chi connectivity index (χ4v) is 3.86. The first-order valence-corrected chi connectivity index (χ1v) is 10.5. The SMILES string of the molecule is COc1ccccc1C1/C(=C(/O)c2cccc(Cl)c2)C(=O)C(=O)N1CCCOC(C)C. The minimum Gasteiger partial charge on any atom is -0.507 e. The van der Waals surface area contributed by atoms with Crippen molar-refractivity contribution in [2.24, 2.45) is 0 Å². The molecule has 3 rings (SSSR count). The van der Waals surface area contributed by atoms with Crippen LogP contribution in [0.25, 0.3) is 5.76 Å². The average molecular weight is 444 g/mol. The second kappa shape index (κ2) is 9.98. The Morgan fingerprint density at radius 3 is 2.58 bits per heavy atom. The first-order valence-electron chi connectivity index (χ1n) is 10.1. The summed E-state index contributed by atoms with van der Waals surface area (Å²) in [6.07, 6.45) is 0.622. The van der Waals surface area contributed by atoms with E-state index in [-0.39, 0.29) is 17.4 Å². The lowest BCUT2D eigenvalue weighted by Gasteiger charge is -2.26. The number of carbonyl (C=O) groups excluding carboxylic acids is 2. The van der Waals surface area contributed by atoms with E-state index in [1.165, 1.54) is 12.0 Å². The minimum absolute atomic E-state index is 0.0153. The predicted octanol–water partition coefficient (Wildman–Crippen LogP) is 4.59. The van der Waals surface area contributed by atoms with Crippen LogP contribution >= 0.6 is 11.6 Å². The van der Waals surface area contributed by atoms with E-state index in [1.54, 1.807) is 42.5 Å². The molecule has 1 heterocycles. The normalized spacial score (nSPS) is 18.1. The number of carbonyl (C=O) groups is 2. The van der Waals surface area contributed by atoms with Crippen LogP contribution in [0.5, 0.6) is 5.75 Å². The summed E-state index contributed by atoms with van der Waals surface area (Å²) in [5.41, 5.74) is 1.01. The monoisotopic (exact) mass is 443 g/mol. The van der Waals surface area contributed by atoms with Gasteiger partial charge in [0.25, 0.3) is 11.7 Å². The molecule has 0 aliphatic carbocycles. The van der Waals surface area contributed by atoms with Gasteiger partial charge in [0, 0.05) is 29.3 Å². The number of halogens is 1. The highest BCUT2D eigenvalue weighted by molar-refractivity contribution is 6.46. The number of rotatable bonds is 8. The van der Waals surface area contributed by atoms with Crippen molar-refractivity contribution in [3.05, 3.63) is 70.3 Å². The topological polar surface area (TPSA) is 76.1 Å². The number of hydrogen-bond acceptors (Lipinski definition) is 5. The zero-order valence-corrected chi connectivity index (χ0v) is 18.6. The highest BCUT2D eigenvalue weighted by atomic mass is 35.5. The second-order valence-corrected chi connectivity index (χ2v) is 7.95. The Morgan fingerprint density at radius 1 is 1.16 bits per heavy atom. The summed E-state index contributed by atoms with van der Waals surface area (Å²) >= 11 is 6.07. The van der Waals surface area contributed by atoms with Crippen molar-refractivity contribution in [1.29, 1.82) is 0 Å². The number of hydrogen-bond donors (Lipinski definition) is 1. The number of ether oxygens (including phenoxy) is 2. The van der Waals surface area contributed by atoms with E-state index in [9.17, 15) is 14.7 Å². The van der Waals surface area contributed by atoms with Crippen LogP contribution in [0.15, 0.2) is 54.1 Å². The molecular formula is C24H26ClNO5.